The molecule has 0 unspecified atom stereocenters. The molecule has 9 heteroatoms. The highest BCUT2D eigenvalue weighted by atomic mass is 35.5. The lowest BCUT2D eigenvalue weighted by atomic mass is 9.65. The molecule has 7 nitrogen and oxygen atoms in total. The first-order valence-corrected chi connectivity index (χ1v) is 12.7. The van der Waals surface area contributed by atoms with Crippen molar-refractivity contribution in [2.75, 3.05) is 11.9 Å². The molecule has 1 aliphatic carbocycles. The van der Waals surface area contributed by atoms with Gasteiger partial charge in [-0.15, -0.1) is 0 Å². The predicted molar refractivity (Wildman–Crippen MR) is 126 cm³/mol. The van der Waals surface area contributed by atoms with Crippen LogP contribution >= 0.6 is 11.6 Å². The van der Waals surface area contributed by atoms with Gasteiger partial charge in [0.25, 0.3) is 0 Å². The molecule has 2 aromatic rings. The Morgan fingerprint density at radius 1 is 1.34 bits per heavy atom. The molecule has 1 fully saturated rings. The van der Waals surface area contributed by atoms with Crippen LogP contribution in [0.2, 0.25) is 5.02 Å². The largest absolute Gasteiger partial charge is 0.354 e. The third kappa shape index (κ3) is 5.97. The normalized spacial score (nSPS) is 20.5. The highest BCUT2D eigenvalue weighted by Gasteiger charge is 2.34. The Labute approximate surface area is 195 Å². The van der Waals surface area contributed by atoms with E-state index in [9.17, 15) is 13.7 Å². The van der Waals surface area contributed by atoms with Gasteiger partial charge in [0, 0.05) is 11.6 Å². The summed E-state index contributed by atoms with van der Waals surface area (Å²) >= 11 is 6.03. The lowest BCUT2D eigenvalue weighted by molar-refractivity contribution is 0.107. The Bertz CT molecular complexity index is 1130. The van der Waals surface area contributed by atoms with Crippen molar-refractivity contribution in [1.29, 1.82) is 5.26 Å². The molecule has 0 bridgehead atoms. The van der Waals surface area contributed by atoms with Gasteiger partial charge in [-0.3, -0.25) is 0 Å². The van der Waals surface area contributed by atoms with E-state index >= 15 is 0 Å². The van der Waals surface area contributed by atoms with E-state index in [2.05, 4.69) is 42.1 Å². The Morgan fingerprint density at radius 3 is 2.75 bits per heavy atom. The van der Waals surface area contributed by atoms with E-state index in [1.807, 2.05) is 0 Å². The highest BCUT2D eigenvalue weighted by Crippen LogP contribution is 2.44. The molecule has 2 atom stereocenters. The van der Waals surface area contributed by atoms with Crippen LogP contribution in [0.15, 0.2) is 29.3 Å². The molecule has 1 heterocycles. The van der Waals surface area contributed by atoms with E-state index in [1.54, 1.807) is 12.3 Å². The summed E-state index contributed by atoms with van der Waals surface area (Å²) in [6.45, 7) is 7.33. The van der Waals surface area contributed by atoms with Crippen LogP contribution in [0.5, 0.6) is 0 Å². The summed E-state index contributed by atoms with van der Waals surface area (Å²) < 4.78 is 23.7. The van der Waals surface area contributed by atoms with E-state index in [0.29, 0.717) is 46.9 Å². The fourth-order valence-electron chi connectivity index (χ4n) is 4.45. The quantitative estimate of drug-likeness (QED) is 0.615. The minimum absolute atomic E-state index is 0.0549. The first-order chi connectivity index (χ1) is 15.0. The molecular weight excluding hydrogens is 446 g/mol. The summed E-state index contributed by atoms with van der Waals surface area (Å²) in [5.74, 6) is 1.59. The number of nitrogens with two attached hydrogens (primary N) is 1. The first kappa shape index (κ1) is 24.4. The van der Waals surface area contributed by atoms with Crippen LogP contribution in [-0.4, -0.2) is 24.9 Å². The second-order valence-electron chi connectivity index (χ2n) is 9.38. The molecule has 0 amide bonds. The fourth-order valence-corrected chi connectivity index (χ4v) is 5.43. The summed E-state index contributed by atoms with van der Waals surface area (Å²) in [5.41, 5.74) is 2.06. The van der Waals surface area contributed by atoms with E-state index in [0.717, 1.165) is 25.0 Å². The van der Waals surface area contributed by atoms with Crippen molar-refractivity contribution in [2.45, 2.75) is 57.8 Å². The van der Waals surface area contributed by atoms with Crippen LogP contribution in [0.1, 0.15) is 56.9 Å². The van der Waals surface area contributed by atoms with Gasteiger partial charge in [0.2, 0.25) is 16.0 Å². The molecule has 3 N–H and O–H groups in total. The summed E-state index contributed by atoms with van der Waals surface area (Å²) in [4.78, 5) is 8.92. The Morgan fingerprint density at radius 2 is 2.09 bits per heavy atom. The van der Waals surface area contributed by atoms with Gasteiger partial charge in [0.1, 0.15) is 6.07 Å². The van der Waals surface area contributed by atoms with Crippen molar-refractivity contribution in [3.63, 3.8) is 0 Å². The lowest BCUT2D eigenvalue weighted by Gasteiger charge is -2.40. The number of nitrogens with zero attached hydrogens (tertiary/aromatic N) is 3. The van der Waals surface area contributed by atoms with Crippen molar-refractivity contribution < 1.29 is 8.42 Å². The third-order valence-corrected chi connectivity index (χ3v) is 7.88. The van der Waals surface area contributed by atoms with Crippen LogP contribution in [0.4, 0.5) is 5.95 Å². The number of rotatable bonds is 7. The maximum absolute atomic E-state index is 11.8. The average molecular weight is 476 g/mol. The van der Waals surface area contributed by atoms with Gasteiger partial charge in [0.15, 0.2) is 0 Å². The van der Waals surface area contributed by atoms with Crippen LogP contribution in [0.3, 0.4) is 0 Å². The van der Waals surface area contributed by atoms with Crippen LogP contribution in [-0.2, 0) is 22.9 Å². The Balaban J connectivity index is 1.70. The van der Waals surface area contributed by atoms with E-state index < -0.39 is 10.0 Å². The third-order valence-electron chi connectivity index (χ3n) is 6.63. The first-order valence-electron chi connectivity index (χ1n) is 10.8. The van der Waals surface area contributed by atoms with E-state index in [1.165, 1.54) is 18.6 Å². The molecule has 0 saturated heterocycles. The lowest BCUT2D eigenvalue weighted by Crippen LogP contribution is -2.31. The van der Waals surface area contributed by atoms with Crippen molar-refractivity contribution in [1.82, 2.24) is 9.97 Å². The SMILES string of the molecule is C[C@H]1CC[C@@H](Cc2nc(NCCc3cc(Cl)ccc3S(N)(=O)=O)ncc2C#N)CC1(C)C. The van der Waals surface area contributed by atoms with Crippen molar-refractivity contribution in [3.05, 3.63) is 46.2 Å². The van der Waals surface area contributed by atoms with Crippen LogP contribution in [0, 0.1) is 28.6 Å². The van der Waals surface area contributed by atoms with Crippen LogP contribution < -0.4 is 10.5 Å². The van der Waals surface area contributed by atoms with Gasteiger partial charge in [-0.1, -0.05) is 32.4 Å². The maximum atomic E-state index is 11.8. The number of primary sulfonamides is 1. The molecular formula is C23H30ClN5O2S. The molecule has 32 heavy (non-hydrogen) atoms. The number of hydrogen-bond acceptors (Lipinski definition) is 6. The zero-order valence-electron chi connectivity index (χ0n) is 18.7. The molecule has 172 valence electrons. The molecule has 3 rings (SSSR count). The minimum atomic E-state index is -3.84. The number of anilines is 1. The van der Waals surface area contributed by atoms with Gasteiger partial charge < -0.3 is 5.32 Å². The van der Waals surface area contributed by atoms with Gasteiger partial charge >= 0.3 is 0 Å². The van der Waals surface area contributed by atoms with E-state index in [4.69, 9.17) is 16.7 Å². The second-order valence-corrected chi connectivity index (χ2v) is 11.3. The number of nitrogens with one attached hydrogen (secondary N) is 1. The smallest absolute Gasteiger partial charge is 0.238 e. The molecule has 0 spiro atoms. The van der Waals surface area contributed by atoms with Gasteiger partial charge in [-0.25, -0.2) is 23.5 Å². The predicted octanol–water partition coefficient (Wildman–Crippen LogP) is 4.31. The second kappa shape index (κ2) is 9.74. The summed E-state index contributed by atoms with van der Waals surface area (Å²) in [6, 6.07) is 6.72. The Hall–Kier alpha value is -2.21. The van der Waals surface area contributed by atoms with Crippen molar-refractivity contribution in [3.8, 4) is 6.07 Å². The summed E-state index contributed by atoms with van der Waals surface area (Å²) in [5, 5.41) is 18.4. The van der Waals surface area contributed by atoms with Gasteiger partial charge in [-0.2, -0.15) is 5.26 Å². The monoisotopic (exact) mass is 475 g/mol. The number of benzene rings is 1. The van der Waals surface area contributed by atoms with Gasteiger partial charge in [0.05, 0.1) is 22.3 Å². The zero-order valence-corrected chi connectivity index (χ0v) is 20.3. The number of aromatic nitrogens is 2. The number of hydrogen-bond donors (Lipinski definition) is 2. The van der Waals surface area contributed by atoms with Gasteiger partial charge in [-0.05, 0) is 73.1 Å². The standard InChI is InChI=1S/C23H30ClN5O2S/c1-15-4-5-16(12-23(15,2)3)10-20-18(13-25)14-28-22(29-20)27-9-8-17-11-19(24)6-7-21(17)32(26,30)31/h6-7,11,14-16H,4-5,8-10,12H2,1-3H3,(H2,26,30,31)(H,27,28,29)/t15-,16-/m0/s1. The maximum Gasteiger partial charge on any atom is 0.238 e. The molecule has 1 aromatic heterocycles. The number of sulfonamides is 1. The molecule has 0 radical (unpaired) electrons. The fraction of sp³-hybridized carbons (Fsp3) is 0.522. The minimum Gasteiger partial charge on any atom is -0.354 e. The zero-order chi connectivity index (χ0) is 23.5. The molecule has 1 aromatic carbocycles. The van der Waals surface area contributed by atoms with Crippen molar-refractivity contribution in [2.24, 2.45) is 22.4 Å². The van der Waals surface area contributed by atoms with Crippen LogP contribution in [0.25, 0.3) is 0 Å². The van der Waals surface area contributed by atoms with Crippen molar-refractivity contribution >= 4 is 27.6 Å². The highest BCUT2D eigenvalue weighted by molar-refractivity contribution is 7.89. The summed E-state index contributed by atoms with van der Waals surface area (Å²) in [6.07, 6.45) is 6.10. The number of halogens is 1. The Kier molecular flexibility index (Phi) is 7.43. The van der Waals surface area contributed by atoms with E-state index in [-0.39, 0.29) is 10.3 Å². The summed E-state index contributed by atoms with van der Waals surface area (Å²) in [7, 11) is -3.84. The molecule has 1 aliphatic rings. The number of nitriles is 1. The average Bonchev–Trinajstić information content (AvgIpc) is 2.70. The topological polar surface area (TPSA) is 122 Å². The molecule has 0 aliphatic heterocycles. The molecule has 1 saturated carbocycles.